The lowest BCUT2D eigenvalue weighted by molar-refractivity contribution is 0.0952. The van der Waals surface area contributed by atoms with Gasteiger partial charge in [-0.2, -0.15) is 5.10 Å². The predicted octanol–water partition coefficient (Wildman–Crippen LogP) is 3.20. The predicted molar refractivity (Wildman–Crippen MR) is 78.0 cm³/mol. The Hall–Kier alpha value is -1.55. The number of hydrazone groups is 1. The van der Waals surface area contributed by atoms with Crippen molar-refractivity contribution in [1.29, 1.82) is 0 Å². The number of hydrogen-bond donors (Lipinski definition) is 2. The number of benzene rings is 1. The number of hydrogen-bond acceptors (Lipinski definition) is 3. The van der Waals surface area contributed by atoms with Crippen molar-refractivity contribution < 1.29 is 9.90 Å². The van der Waals surface area contributed by atoms with E-state index < -0.39 is 5.91 Å². The molecule has 2 aliphatic rings. The zero-order valence-corrected chi connectivity index (χ0v) is 11.8. The summed E-state index contributed by atoms with van der Waals surface area (Å²) in [4.78, 5) is 11.9. The molecule has 1 aromatic carbocycles. The molecule has 1 amide bonds. The van der Waals surface area contributed by atoms with Gasteiger partial charge in [0.1, 0.15) is 5.75 Å². The van der Waals surface area contributed by atoms with Crippen LogP contribution in [0.2, 0.25) is 5.02 Å². The molecular weight excluding hydrogens is 276 g/mol. The number of halogens is 1. The molecule has 2 aliphatic carbocycles. The second-order valence-corrected chi connectivity index (χ2v) is 6.16. The largest absolute Gasteiger partial charge is 0.507 e. The molecule has 106 valence electrons. The van der Waals surface area contributed by atoms with E-state index in [1.54, 1.807) is 0 Å². The third kappa shape index (κ3) is 2.66. The Balaban J connectivity index is 1.60. The molecule has 0 saturated heterocycles. The number of carbonyl (C=O) groups is 1. The second kappa shape index (κ2) is 5.44. The van der Waals surface area contributed by atoms with Crippen molar-refractivity contribution >= 4 is 23.7 Å². The Kier molecular flexibility index (Phi) is 3.66. The molecule has 2 fully saturated rings. The molecule has 0 aliphatic heterocycles. The van der Waals surface area contributed by atoms with E-state index in [2.05, 4.69) is 10.5 Å². The SMILES string of the molecule is O=C(N/N=C\[C@@H]1C[C@H]2CC[C@H]1C2)c1cc(Cl)ccc1O. The van der Waals surface area contributed by atoms with Gasteiger partial charge < -0.3 is 5.11 Å². The Morgan fingerprint density at radius 2 is 2.25 bits per heavy atom. The van der Waals surface area contributed by atoms with E-state index in [0.29, 0.717) is 10.9 Å². The maximum absolute atomic E-state index is 11.9. The fourth-order valence-corrected chi connectivity index (χ4v) is 3.59. The van der Waals surface area contributed by atoms with Crippen molar-refractivity contribution in [2.75, 3.05) is 0 Å². The van der Waals surface area contributed by atoms with Crippen LogP contribution in [0.5, 0.6) is 5.75 Å². The van der Waals surface area contributed by atoms with Crippen LogP contribution in [0.25, 0.3) is 0 Å². The van der Waals surface area contributed by atoms with Gasteiger partial charge in [0.05, 0.1) is 5.56 Å². The van der Waals surface area contributed by atoms with Gasteiger partial charge in [-0.05, 0) is 55.2 Å². The quantitative estimate of drug-likeness (QED) is 0.664. The third-order valence-corrected chi connectivity index (χ3v) is 4.66. The highest BCUT2D eigenvalue weighted by Crippen LogP contribution is 2.47. The van der Waals surface area contributed by atoms with Crippen LogP contribution in [0.4, 0.5) is 0 Å². The van der Waals surface area contributed by atoms with Crippen LogP contribution in [0.1, 0.15) is 36.0 Å². The van der Waals surface area contributed by atoms with Crippen LogP contribution in [0, 0.1) is 17.8 Å². The summed E-state index contributed by atoms with van der Waals surface area (Å²) in [6, 6.07) is 4.36. The van der Waals surface area contributed by atoms with Gasteiger partial charge >= 0.3 is 0 Å². The van der Waals surface area contributed by atoms with Crippen molar-refractivity contribution in [2.24, 2.45) is 22.9 Å². The summed E-state index contributed by atoms with van der Waals surface area (Å²) < 4.78 is 0. The van der Waals surface area contributed by atoms with Gasteiger partial charge in [-0.1, -0.05) is 18.0 Å². The van der Waals surface area contributed by atoms with Gasteiger partial charge in [-0.3, -0.25) is 4.79 Å². The highest BCUT2D eigenvalue weighted by Gasteiger charge is 2.38. The van der Waals surface area contributed by atoms with Crippen LogP contribution in [0.15, 0.2) is 23.3 Å². The molecule has 1 aromatic rings. The van der Waals surface area contributed by atoms with Crippen LogP contribution in [0.3, 0.4) is 0 Å². The van der Waals surface area contributed by atoms with Crippen molar-refractivity contribution in [3.63, 3.8) is 0 Å². The topological polar surface area (TPSA) is 61.7 Å². The van der Waals surface area contributed by atoms with E-state index >= 15 is 0 Å². The molecule has 0 unspecified atom stereocenters. The maximum atomic E-state index is 11.9. The average Bonchev–Trinajstić information content (AvgIpc) is 3.04. The first-order valence-electron chi connectivity index (χ1n) is 6.95. The van der Waals surface area contributed by atoms with Gasteiger partial charge in [-0.15, -0.1) is 0 Å². The summed E-state index contributed by atoms with van der Waals surface area (Å²) in [6.45, 7) is 0. The number of phenolic OH excluding ortho intramolecular Hbond substituents is 1. The molecule has 2 saturated carbocycles. The molecule has 2 bridgehead atoms. The first-order chi connectivity index (χ1) is 9.63. The number of amides is 1. The number of carbonyl (C=O) groups excluding carboxylic acids is 1. The number of nitrogens with zero attached hydrogens (tertiary/aromatic N) is 1. The van der Waals surface area contributed by atoms with Crippen molar-refractivity contribution in [1.82, 2.24) is 5.43 Å². The minimum absolute atomic E-state index is 0.0953. The molecular formula is C15H17ClN2O2. The molecule has 0 heterocycles. The summed E-state index contributed by atoms with van der Waals surface area (Å²) in [5.74, 6) is 1.54. The maximum Gasteiger partial charge on any atom is 0.275 e. The normalized spacial score (nSPS) is 28.1. The molecule has 0 spiro atoms. The smallest absolute Gasteiger partial charge is 0.275 e. The molecule has 2 N–H and O–H groups in total. The molecule has 3 atom stereocenters. The Labute approximate surface area is 122 Å². The van der Waals surface area contributed by atoms with E-state index in [9.17, 15) is 9.90 Å². The highest BCUT2D eigenvalue weighted by atomic mass is 35.5. The second-order valence-electron chi connectivity index (χ2n) is 5.72. The molecule has 3 rings (SSSR count). The molecule has 4 nitrogen and oxygen atoms in total. The summed E-state index contributed by atoms with van der Waals surface area (Å²) in [5.41, 5.74) is 2.61. The molecule has 20 heavy (non-hydrogen) atoms. The lowest BCUT2D eigenvalue weighted by Crippen LogP contribution is -2.20. The number of fused-ring (bicyclic) bond motifs is 2. The van der Waals surface area contributed by atoms with Crippen molar-refractivity contribution in [3.05, 3.63) is 28.8 Å². The summed E-state index contributed by atoms with van der Waals surface area (Å²) in [7, 11) is 0. The van der Waals surface area contributed by atoms with Crippen LogP contribution in [-0.2, 0) is 0 Å². The minimum atomic E-state index is -0.440. The van der Waals surface area contributed by atoms with E-state index in [4.69, 9.17) is 11.6 Å². The van der Waals surface area contributed by atoms with E-state index in [1.165, 1.54) is 43.9 Å². The van der Waals surface area contributed by atoms with Gasteiger partial charge in [0.15, 0.2) is 0 Å². The number of rotatable bonds is 3. The Morgan fingerprint density at radius 3 is 2.95 bits per heavy atom. The first-order valence-corrected chi connectivity index (χ1v) is 7.33. The fourth-order valence-electron chi connectivity index (χ4n) is 3.42. The van der Waals surface area contributed by atoms with E-state index in [-0.39, 0.29) is 11.3 Å². The lowest BCUT2D eigenvalue weighted by atomic mass is 9.90. The summed E-state index contributed by atoms with van der Waals surface area (Å²) >= 11 is 5.81. The monoisotopic (exact) mass is 292 g/mol. The van der Waals surface area contributed by atoms with Gasteiger partial charge in [-0.25, -0.2) is 5.43 Å². The van der Waals surface area contributed by atoms with E-state index in [0.717, 1.165) is 11.8 Å². The minimum Gasteiger partial charge on any atom is -0.507 e. The lowest BCUT2D eigenvalue weighted by Gasteiger charge is -2.16. The zero-order valence-electron chi connectivity index (χ0n) is 11.1. The van der Waals surface area contributed by atoms with Gasteiger partial charge in [0.25, 0.3) is 5.91 Å². The molecule has 0 aromatic heterocycles. The Morgan fingerprint density at radius 1 is 1.40 bits per heavy atom. The average molecular weight is 293 g/mol. The van der Waals surface area contributed by atoms with Gasteiger partial charge in [0.2, 0.25) is 0 Å². The van der Waals surface area contributed by atoms with Crippen molar-refractivity contribution in [2.45, 2.75) is 25.7 Å². The third-order valence-electron chi connectivity index (χ3n) is 4.43. The Bertz CT molecular complexity index is 559. The zero-order chi connectivity index (χ0) is 14.1. The number of aromatic hydroxyl groups is 1. The fraction of sp³-hybridized carbons (Fsp3) is 0.467. The van der Waals surface area contributed by atoms with Crippen LogP contribution in [-0.4, -0.2) is 17.2 Å². The van der Waals surface area contributed by atoms with Gasteiger partial charge in [0, 0.05) is 11.2 Å². The molecule has 5 heteroatoms. The van der Waals surface area contributed by atoms with Crippen LogP contribution < -0.4 is 5.43 Å². The standard InChI is InChI=1S/C15H17ClN2O2/c16-12-3-4-14(19)13(7-12)15(20)18-17-8-11-6-9-1-2-10(11)5-9/h3-4,7-11,19H,1-2,5-6H2,(H,18,20)/b17-8-/t9-,10-,11-/m0/s1. The number of phenols is 1. The number of nitrogens with one attached hydrogen (secondary N) is 1. The molecule has 0 radical (unpaired) electrons. The van der Waals surface area contributed by atoms with Crippen LogP contribution >= 0.6 is 11.6 Å². The summed E-state index contributed by atoms with van der Waals surface area (Å²) in [6.07, 6.45) is 6.97. The highest BCUT2D eigenvalue weighted by molar-refractivity contribution is 6.31. The summed E-state index contributed by atoms with van der Waals surface area (Å²) in [5, 5.41) is 14.1. The van der Waals surface area contributed by atoms with E-state index in [1.807, 2.05) is 6.21 Å². The first kappa shape index (κ1) is 13.4. The van der Waals surface area contributed by atoms with Crippen molar-refractivity contribution in [3.8, 4) is 5.75 Å².